The van der Waals surface area contributed by atoms with Crippen molar-refractivity contribution in [3.05, 3.63) is 29.0 Å². The van der Waals surface area contributed by atoms with Gasteiger partial charge >= 0.3 is 0 Å². The molecule has 0 amide bonds. The largest absolute Gasteiger partial charge is 0.373 e. The fourth-order valence-corrected chi connectivity index (χ4v) is 3.34. The minimum Gasteiger partial charge on any atom is -0.373 e. The molecule has 3 aromatic heterocycles. The van der Waals surface area contributed by atoms with E-state index in [1.165, 1.54) is 0 Å². The highest BCUT2D eigenvalue weighted by Crippen LogP contribution is 2.25. The molecule has 1 atom stereocenters. The molecule has 1 unspecified atom stereocenters. The first-order valence-electron chi connectivity index (χ1n) is 7.36. The Labute approximate surface area is 132 Å². The first kappa shape index (κ1) is 13.7. The van der Waals surface area contributed by atoms with Crippen LogP contribution in [0.5, 0.6) is 0 Å². The molecule has 4 heterocycles. The highest BCUT2D eigenvalue weighted by Gasteiger charge is 2.29. The van der Waals surface area contributed by atoms with Crippen molar-refractivity contribution < 1.29 is 4.74 Å². The van der Waals surface area contributed by atoms with Gasteiger partial charge in [-0.25, -0.2) is 0 Å². The number of hydrogen-bond donors (Lipinski definition) is 1. The summed E-state index contributed by atoms with van der Waals surface area (Å²) in [6.07, 6.45) is 2.20. The third-order valence-electron chi connectivity index (χ3n) is 3.99. The monoisotopic (exact) mass is 315 g/mol. The van der Waals surface area contributed by atoms with Gasteiger partial charge in [-0.15, -0.1) is 15.3 Å². The molecular weight excluding hydrogens is 298 g/mol. The maximum absolute atomic E-state index is 5.80. The Kier molecular flexibility index (Phi) is 3.31. The number of hydrogen-bond acceptors (Lipinski definition) is 6. The third kappa shape index (κ3) is 2.46. The van der Waals surface area contributed by atoms with Crippen LogP contribution in [-0.2, 0) is 4.74 Å². The van der Waals surface area contributed by atoms with Gasteiger partial charge in [0.05, 0.1) is 5.60 Å². The van der Waals surface area contributed by atoms with Crippen molar-refractivity contribution in [3.8, 4) is 11.4 Å². The lowest BCUT2D eigenvalue weighted by atomic mass is 10.0. The Balaban J connectivity index is 1.61. The molecule has 3 aromatic rings. The lowest BCUT2D eigenvalue weighted by Crippen LogP contribution is -2.32. The van der Waals surface area contributed by atoms with Gasteiger partial charge in [0.2, 0.25) is 0 Å². The summed E-state index contributed by atoms with van der Waals surface area (Å²) in [5, 5.41) is 20.5. The maximum Gasteiger partial charge on any atom is 0.186 e. The number of fused-ring (bicyclic) bond motifs is 1. The normalized spacial score (nSPS) is 21.5. The minimum absolute atomic E-state index is 0.0972. The molecule has 4 rings (SSSR count). The molecule has 1 fully saturated rings. The second-order valence-corrected chi connectivity index (χ2v) is 6.56. The van der Waals surface area contributed by atoms with Gasteiger partial charge in [-0.05, 0) is 43.3 Å². The zero-order chi connectivity index (χ0) is 15.0. The summed E-state index contributed by atoms with van der Waals surface area (Å²) >= 11 is 1.64. The van der Waals surface area contributed by atoms with Crippen LogP contribution in [0.25, 0.3) is 17.0 Å². The fourth-order valence-electron chi connectivity index (χ4n) is 2.71. The Bertz CT molecular complexity index is 776. The van der Waals surface area contributed by atoms with Gasteiger partial charge in [-0.3, -0.25) is 0 Å². The van der Waals surface area contributed by atoms with Gasteiger partial charge < -0.3 is 10.1 Å². The zero-order valence-electron chi connectivity index (χ0n) is 12.3. The Morgan fingerprint density at radius 3 is 3.09 bits per heavy atom. The van der Waals surface area contributed by atoms with E-state index >= 15 is 0 Å². The van der Waals surface area contributed by atoms with Gasteiger partial charge in [-0.2, -0.15) is 15.9 Å². The summed E-state index contributed by atoms with van der Waals surface area (Å²) in [5.41, 5.74) is 1.68. The van der Waals surface area contributed by atoms with Crippen LogP contribution in [0.4, 0.5) is 5.82 Å². The van der Waals surface area contributed by atoms with Gasteiger partial charge in [0.15, 0.2) is 11.5 Å². The highest BCUT2D eigenvalue weighted by molar-refractivity contribution is 7.08. The lowest BCUT2D eigenvalue weighted by Gasteiger charge is -2.23. The molecule has 1 aliphatic heterocycles. The molecule has 22 heavy (non-hydrogen) atoms. The van der Waals surface area contributed by atoms with Crippen LogP contribution in [0.3, 0.4) is 0 Å². The average Bonchev–Trinajstić information content (AvgIpc) is 3.25. The lowest BCUT2D eigenvalue weighted by molar-refractivity contribution is 0.0314. The average molecular weight is 315 g/mol. The number of anilines is 1. The van der Waals surface area contributed by atoms with Crippen LogP contribution in [0, 0.1) is 0 Å². The minimum atomic E-state index is -0.0972. The molecular formula is C15H17N5OS. The molecule has 0 spiro atoms. The van der Waals surface area contributed by atoms with E-state index in [2.05, 4.69) is 27.5 Å². The van der Waals surface area contributed by atoms with E-state index in [9.17, 15) is 0 Å². The molecule has 6 nitrogen and oxygen atoms in total. The van der Waals surface area contributed by atoms with Crippen molar-refractivity contribution in [1.29, 1.82) is 0 Å². The van der Waals surface area contributed by atoms with E-state index in [1.54, 1.807) is 15.9 Å². The van der Waals surface area contributed by atoms with E-state index in [0.29, 0.717) is 0 Å². The molecule has 0 radical (unpaired) electrons. The summed E-state index contributed by atoms with van der Waals surface area (Å²) in [5.74, 6) is 1.57. The molecule has 0 bridgehead atoms. The number of nitrogens with one attached hydrogen (secondary N) is 1. The highest BCUT2D eigenvalue weighted by atomic mass is 32.1. The summed E-state index contributed by atoms with van der Waals surface area (Å²) in [7, 11) is 0. The van der Waals surface area contributed by atoms with Crippen LogP contribution in [-0.4, -0.2) is 38.6 Å². The smallest absolute Gasteiger partial charge is 0.186 e. The topological polar surface area (TPSA) is 64.3 Å². The summed E-state index contributed by atoms with van der Waals surface area (Å²) < 4.78 is 7.58. The van der Waals surface area contributed by atoms with Crippen molar-refractivity contribution in [2.24, 2.45) is 0 Å². The second-order valence-electron chi connectivity index (χ2n) is 5.78. The quantitative estimate of drug-likeness (QED) is 0.802. The first-order valence-corrected chi connectivity index (χ1v) is 8.31. The second kappa shape index (κ2) is 5.33. The number of thiophene rings is 1. The number of nitrogens with zero attached hydrogens (tertiary/aromatic N) is 4. The Morgan fingerprint density at radius 1 is 1.36 bits per heavy atom. The number of rotatable bonds is 4. The predicted octanol–water partition coefficient (Wildman–Crippen LogP) is 2.83. The Morgan fingerprint density at radius 2 is 2.32 bits per heavy atom. The van der Waals surface area contributed by atoms with Gasteiger partial charge in [0.1, 0.15) is 5.82 Å². The van der Waals surface area contributed by atoms with Gasteiger partial charge in [-0.1, -0.05) is 0 Å². The molecule has 0 aliphatic carbocycles. The van der Waals surface area contributed by atoms with E-state index in [1.807, 2.05) is 29.0 Å². The summed E-state index contributed by atoms with van der Waals surface area (Å²) in [6.45, 7) is 3.74. The fraction of sp³-hybridized carbons (Fsp3) is 0.400. The summed E-state index contributed by atoms with van der Waals surface area (Å²) in [4.78, 5) is 0. The van der Waals surface area contributed by atoms with Crippen LogP contribution in [0.2, 0.25) is 0 Å². The van der Waals surface area contributed by atoms with E-state index in [0.717, 1.165) is 48.8 Å². The van der Waals surface area contributed by atoms with E-state index in [-0.39, 0.29) is 5.60 Å². The molecule has 114 valence electrons. The van der Waals surface area contributed by atoms with Crippen molar-refractivity contribution in [3.63, 3.8) is 0 Å². The SMILES string of the molecule is CC1(CNc2ccc3nnc(-c4ccsc4)n3n2)CCCO1. The van der Waals surface area contributed by atoms with Crippen molar-refractivity contribution >= 4 is 22.8 Å². The van der Waals surface area contributed by atoms with E-state index < -0.39 is 0 Å². The zero-order valence-corrected chi connectivity index (χ0v) is 13.1. The number of ether oxygens (including phenoxy) is 1. The first-order chi connectivity index (χ1) is 10.7. The van der Waals surface area contributed by atoms with Gasteiger partial charge in [0, 0.05) is 24.1 Å². The van der Waals surface area contributed by atoms with Crippen molar-refractivity contribution in [2.75, 3.05) is 18.5 Å². The number of aromatic nitrogens is 4. The molecule has 7 heteroatoms. The van der Waals surface area contributed by atoms with Crippen LogP contribution >= 0.6 is 11.3 Å². The molecule has 1 N–H and O–H groups in total. The summed E-state index contributed by atoms with van der Waals surface area (Å²) in [6, 6.07) is 5.88. The Hall–Kier alpha value is -1.99. The third-order valence-corrected chi connectivity index (χ3v) is 4.67. The van der Waals surface area contributed by atoms with Crippen molar-refractivity contribution in [2.45, 2.75) is 25.4 Å². The molecule has 0 aromatic carbocycles. The van der Waals surface area contributed by atoms with Crippen LogP contribution in [0.15, 0.2) is 29.0 Å². The van der Waals surface area contributed by atoms with E-state index in [4.69, 9.17) is 4.74 Å². The van der Waals surface area contributed by atoms with Gasteiger partial charge in [0.25, 0.3) is 0 Å². The molecule has 0 saturated carbocycles. The molecule has 1 saturated heterocycles. The van der Waals surface area contributed by atoms with Crippen LogP contribution < -0.4 is 5.32 Å². The van der Waals surface area contributed by atoms with Crippen molar-refractivity contribution in [1.82, 2.24) is 19.8 Å². The maximum atomic E-state index is 5.80. The molecule has 1 aliphatic rings. The van der Waals surface area contributed by atoms with Crippen LogP contribution in [0.1, 0.15) is 19.8 Å². The standard InChI is InChI=1S/C15H17N5OS/c1-15(6-2-7-21-15)10-16-12-3-4-13-17-18-14(20(13)19-12)11-5-8-22-9-11/h3-5,8-9H,2,6-7,10H2,1H3,(H,16,19). The predicted molar refractivity (Wildman–Crippen MR) is 86.2 cm³/mol.